The Labute approximate surface area is 120 Å². The van der Waals surface area contributed by atoms with E-state index in [9.17, 15) is 17.8 Å². The molecule has 17 heavy (non-hydrogen) atoms. The first-order valence-electron chi connectivity index (χ1n) is 4.45. The largest absolute Gasteiger partial charge is 1.00 e. The molecule has 2 rings (SSSR count). The summed E-state index contributed by atoms with van der Waals surface area (Å²) in [5.41, 5.74) is -0.163. The average molecular weight is 261 g/mol. The molecule has 0 aliphatic heterocycles. The van der Waals surface area contributed by atoms with Gasteiger partial charge in [0.15, 0.2) is 0 Å². The molecule has 2 aromatic rings. The van der Waals surface area contributed by atoms with Crippen LogP contribution in [0, 0.1) is 0 Å². The molecule has 1 heterocycles. The second kappa shape index (κ2) is 4.91. The summed E-state index contributed by atoms with van der Waals surface area (Å²) in [5.74, 6) is 0. The van der Waals surface area contributed by atoms with E-state index in [-0.39, 0.29) is 34.9 Å². The molecule has 0 saturated carbocycles. The van der Waals surface area contributed by atoms with E-state index in [0.29, 0.717) is 5.52 Å². The summed E-state index contributed by atoms with van der Waals surface area (Å²) in [4.78, 5) is 11.0. The van der Waals surface area contributed by atoms with Crippen molar-refractivity contribution in [2.75, 3.05) is 0 Å². The van der Waals surface area contributed by atoms with Crippen LogP contribution in [0.2, 0.25) is 0 Å². The molecular weight excluding hydrogens is 253 g/mol. The van der Waals surface area contributed by atoms with E-state index in [0.717, 1.165) is 6.20 Å². The zero-order valence-electron chi connectivity index (χ0n) is 9.38. The topological polar surface area (TPSA) is 79.2 Å². The van der Waals surface area contributed by atoms with Gasteiger partial charge in [-0.05, 0) is 12.1 Å². The SMILES string of the molecule is Cn1cc(S(=O)(=O)[O-])c(=O)c2ccccc21.[Na+]. The van der Waals surface area contributed by atoms with E-state index in [4.69, 9.17) is 0 Å². The molecule has 0 amide bonds. The summed E-state index contributed by atoms with van der Waals surface area (Å²) in [6.45, 7) is 0. The Morgan fingerprint density at radius 1 is 1.24 bits per heavy atom. The Kier molecular flexibility index (Phi) is 4.16. The second-order valence-electron chi connectivity index (χ2n) is 3.40. The maximum atomic E-state index is 11.7. The van der Waals surface area contributed by atoms with Gasteiger partial charge in [0.25, 0.3) is 0 Å². The first-order chi connectivity index (χ1) is 7.41. The van der Waals surface area contributed by atoms with Crippen molar-refractivity contribution in [3.63, 3.8) is 0 Å². The summed E-state index contributed by atoms with van der Waals surface area (Å²) < 4.78 is 34.1. The first kappa shape index (κ1) is 14.4. The molecule has 0 unspecified atom stereocenters. The number of rotatable bonds is 1. The van der Waals surface area contributed by atoms with Gasteiger partial charge in [0.1, 0.15) is 15.0 Å². The first-order valence-corrected chi connectivity index (χ1v) is 5.86. The Balaban J connectivity index is 0.00000144. The van der Waals surface area contributed by atoms with Gasteiger partial charge >= 0.3 is 29.6 Å². The zero-order chi connectivity index (χ0) is 11.9. The van der Waals surface area contributed by atoms with Crippen LogP contribution in [0.3, 0.4) is 0 Å². The predicted octanol–water partition coefficient (Wildman–Crippen LogP) is -2.55. The van der Waals surface area contributed by atoms with Gasteiger partial charge in [0.05, 0.1) is 5.52 Å². The van der Waals surface area contributed by atoms with E-state index in [1.807, 2.05) is 0 Å². The minimum atomic E-state index is -4.73. The predicted molar refractivity (Wildman–Crippen MR) is 57.2 cm³/mol. The number of para-hydroxylation sites is 1. The summed E-state index contributed by atoms with van der Waals surface area (Å²) >= 11 is 0. The Hall–Kier alpha value is -0.660. The summed E-state index contributed by atoms with van der Waals surface area (Å²) in [6.07, 6.45) is 1.05. The van der Waals surface area contributed by atoms with Crippen molar-refractivity contribution in [1.82, 2.24) is 4.57 Å². The average Bonchev–Trinajstić information content (AvgIpc) is 2.22. The molecule has 0 aliphatic rings. The molecule has 1 aromatic heterocycles. The van der Waals surface area contributed by atoms with Crippen molar-refractivity contribution < 1.29 is 42.5 Å². The molecule has 1 aromatic carbocycles. The molecule has 5 nitrogen and oxygen atoms in total. The number of fused-ring (bicyclic) bond motifs is 1. The fraction of sp³-hybridized carbons (Fsp3) is 0.100. The van der Waals surface area contributed by atoms with Crippen molar-refractivity contribution in [3.05, 3.63) is 40.7 Å². The van der Waals surface area contributed by atoms with Crippen LogP contribution in [-0.2, 0) is 17.2 Å². The smallest absolute Gasteiger partial charge is 0.744 e. The number of hydrogen-bond donors (Lipinski definition) is 0. The fourth-order valence-corrected chi connectivity index (χ4v) is 2.21. The Bertz CT molecular complexity index is 721. The van der Waals surface area contributed by atoms with E-state index < -0.39 is 20.4 Å². The molecule has 0 aliphatic carbocycles. The number of nitrogens with zero attached hydrogens (tertiary/aromatic N) is 1. The Morgan fingerprint density at radius 2 is 1.82 bits per heavy atom. The van der Waals surface area contributed by atoms with E-state index in [1.54, 1.807) is 25.2 Å². The normalized spacial score (nSPS) is 11.2. The van der Waals surface area contributed by atoms with Crippen molar-refractivity contribution in [2.24, 2.45) is 7.05 Å². The van der Waals surface area contributed by atoms with Crippen molar-refractivity contribution in [2.45, 2.75) is 4.90 Å². The van der Waals surface area contributed by atoms with E-state index >= 15 is 0 Å². The zero-order valence-corrected chi connectivity index (χ0v) is 12.2. The standard InChI is InChI=1S/C10H9NO4S.Na/c1-11-6-9(16(13,14)15)10(12)7-4-2-3-5-8(7)11;/h2-6H,1H3,(H,13,14,15);/q;+1/p-1. The van der Waals surface area contributed by atoms with Gasteiger partial charge in [-0.3, -0.25) is 4.79 Å². The van der Waals surface area contributed by atoms with Crippen molar-refractivity contribution in [3.8, 4) is 0 Å². The maximum Gasteiger partial charge on any atom is 1.00 e. The molecule has 0 N–H and O–H groups in total. The third kappa shape index (κ3) is 2.61. The number of aromatic nitrogens is 1. The van der Waals surface area contributed by atoms with Crippen LogP contribution >= 0.6 is 0 Å². The minimum Gasteiger partial charge on any atom is -0.744 e. The van der Waals surface area contributed by atoms with E-state index in [1.165, 1.54) is 10.6 Å². The fourth-order valence-electron chi connectivity index (χ4n) is 1.59. The Morgan fingerprint density at radius 3 is 2.41 bits per heavy atom. The molecule has 0 bridgehead atoms. The van der Waals surface area contributed by atoms with Crippen LogP contribution in [0.1, 0.15) is 0 Å². The molecule has 0 radical (unpaired) electrons. The quantitative estimate of drug-likeness (QED) is 0.418. The molecule has 84 valence electrons. The third-order valence-electron chi connectivity index (χ3n) is 2.33. The summed E-state index contributed by atoms with van der Waals surface area (Å²) in [7, 11) is -3.15. The molecule has 0 atom stereocenters. The number of hydrogen-bond acceptors (Lipinski definition) is 4. The van der Waals surface area contributed by atoms with Crippen LogP contribution in [0.5, 0.6) is 0 Å². The van der Waals surface area contributed by atoms with Gasteiger partial charge in [0.2, 0.25) is 5.43 Å². The molecular formula is C10H8NNaO4S. The van der Waals surface area contributed by atoms with Crippen molar-refractivity contribution in [1.29, 1.82) is 0 Å². The molecule has 0 saturated heterocycles. The van der Waals surface area contributed by atoms with Crippen LogP contribution in [0.25, 0.3) is 10.9 Å². The van der Waals surface area contributed by atoms with Crippen molar-refractivity contribution >= 4 is 21.0 Å². The monoisotopic (exact) mass is 261 g/mol. The molecule has 7 heteroatoms. The molecule has 0 spiro atoms. The molecule has 0 fully saturated rings. The van der Waals surface area contributed by atoms with Gasteiger partial charge < -0.3 is 9.12 Å². The van der Waals surface area contributed by atoms with Gasteiger partial charge in [-0.1, -0.05) is 12.1 Å². The third-order valence-corrected chi connectivity index (χ3v) is 3.16. The number of aryl methyl sites for hydroxylation is 1. The maximum absolute atomic E-state index is 11.7. The number of benzene rings is 1. The van der Waals surface area contributed by atoms with Gasteiger partial charge in [-0.15, -0.1) is 0 Å². The minimum absolute atomic E-state index is 0. The summed E-state index contributed by atoms with van der Waals surface area (Å²) in [5, 5.41) is 0.224. The second-order valence-corrected chi connectivity index (χ2v) is 4.75. The van der Waals surface area contributed by atoms with Crippen LogP contribution in [0.15, 0.2) is 40.2 Å². The van der Waals surface area contributed by atoms with Crippen LogP contribution in [-0.4, -0.2) is 17.5 Å². The van der Waals surface area contributed by atoms with Crippen LogP contribution < -0.4 is 35.0 Å². The number of pyridine rings is 1. The van der Waals surface area contributed by atoms with Gasteiger partial charge in [-0.2, -0.15) is 0 Å². The van der Waals surface area contributed by atoms with Gasteiger partial charge in [-0.25, -0.2) is 8.42 Å². The van der Waals surface area contributed by atoms with E-state index in [2.05, 4.69) is 0 Å². The summed E-state index contributed by atoms with van der Waals surface area (Å²) in [6, 6.07) is 6.52. The van der Waals surface area contributed by atoms with Crippen LogP contribution in [0.4, 0.5) is 0 Å². The van der Waals surface area contributed by atoms with Gasteiger partial charge in [0, 0.05) is 18.6 Å².